The molecule has 1 atom stereocenters. The number of guanidine groups is 1. The van der Waals surface area contributed by atoms with Gasteiger partial charge in [0.1, 0.15) is 0 Å². The van der Waals surface area contributed by atoms with E-state index in [1.807, 2.05) is 18.2 Å². The molecule has 106 valence electrons. The summed E-state index contributed by atoms with van der Waals surface area (Å²) in [6.07, 6.45) is 0.0136. The van der Waals surface area contributed by atoms with Crippen LogP contribution >= 0.6 is 0 Å². The predicted octanol–water partition coefficient (Wildman–Crippen LogP) is 2.34. The fourth-order valence-electron chi connectivity index (χ4n) is 1.73. The van der Waals surface area contributed by atoms with E-state index in [0.717, 1.165) is 11.5 Å². The number of nitrogens with one attached hydrogen (secondary N) is 2. The molecular formula is C15H25N3O. The molecule has 0 radical (unpaired) electrons. The summed E-state index contributed by atoms with van der Waals surface area (Å²) < 4.78 is 5.52. The maximum absolute atomic E-state index is 5.52. The minimum atomic E-state index is -0.0167. The SMILES string of the molecule is CN=C(NCC(OC)c1ccccc1)NC(C)(C)C. The maximum Gasteiger partial charge on any atom is 0.191 e. The summed E-state index contributed by atoms with van der Waals surface area (Å²) in [5.41, 5.74) is 1.14. The van der Waals surface area contributed by atoms with Gasteiger partial charge in [0, 0.05) is 26.2 Å². The summed E-state index contributed by atoms with van der Waals surface area (Å²) in [4.78, 5) is 4.21. The number of rotatable bonds is 4. The summed E-state index contributed by atoms with van der Waals surface area (Å²) in [6.45, 7) is 6.98. The molecule has 0 aromatic heterocycles. The number of aliphatic imine (C=N–C) groups is 1. The number of hydrogen-bond acceptors (Lipinski definition) is 2. The lowest BCUT2D eigenvalue weighted by Gasteiger charge is -2.25. The van der Waals surface area contributed by atoms with Crippen molar-refractivity contribution in [1.82, 2.24) is 10.6 Å². The number of hydrogen-bond donors (Lipinski definition) is 2. The van der Waals surface area contributed by atoms with Crippen molar-refractivity contribution < 1.29 is 4.74 Å². The molecule has 0 aliphatic heterocycles. The topological polar surface area (TPSA) is 45.7 Å². The normalized spacial score (nSPS) is 14.1. The molecule has 0 heterocycles. The van der Waals surface area contributed by atoms with Gasteiger partial charge in [-0.25, -0.2) is 0 Å². The lowest BCUT2D eigenvalue weighted by atomic mass is 10.1. The van der Waals surface area contributed by atoms with E-state index in [0.29, 0.717) is 6.54 Å². The molecule has 1 aromatic rings. The minimum absolute atomic E-state index is 0.0136. The Hall–Kier alpha value is -1.55. The number of benzene rings is 1. The number of ether oxygens (including phenoxy) is 1. The van der Waals surface area contributed by atoms with Crippen molar-refractivity contribution in [2.75, 3.05) is 20.7 Å². The van der Waals surface area contributed by atoms with E-state index in [9.17, 15) is 0 Å². The van der Waals surface area contributed by atoms with Crippen molar-refractivity contribution in [3.8, 4) is 0 Å². The third-order valence-electron chi connectivity index (χ3n) is 2.63. The van der Waals surface area contributed by atoms with Crippen LogP contribution in [-0.2, 0) is 4.74 Å². The van der Waals surface area contributed by atoms with Crippen molar-refractivity contribution in [2.24, 2.45) is 4.99 Å². The molecule has 0 fully saturated rings. The molecule has 0 aliphatic rings. The first-order valence-electron chi connectivity index (χ1n) is 6.53. The highest BCUT2D eigenvalue weighted by Gasteiger charge is 2.14. The zero-order valence-corrected chi connectivity index (χ0v) is 12.5. The van der Waals surface area contributed by atoms with Crippen LogP contribution in [0.15, 0.2) is 35.3 Å². The van der Waals surface area contributed by atoms with Gasteiger partial charge in [-0.15, -0.1) is 0 Å². The van der Waals surface area contributed by atoms with E-state index in [2.05, 4.69) is 48.5 Å². The van der Waals surface area contributed by atoms with E-state index in [1.54, 1.807) is 14.2 Å². The summed E-state index contributed by atoms with van der Waals surface area (Å²) in [7, 11) is 3.49. The first-order valence-corrected chi connectivity index (χ1v) is 6.53. The van der Waals surface area contributed by atoms with Gasteiger partial charge in [0.05, 0.1) is 6.10 Å². The molecule has 0 saturated heterocycles. The first kappa shape index (κ1) is 15.5. The van der Waals surface area contributed by atoms with E-state index in [-0.39, 0.29) is 11.6 Å². The van der Waals surface area contributed by atoms with Crippen LogP contribution in [-0.4, -0.2) is 32.2 Å². The van der Waals surface area contributed by atoms with Gasteiger partial charge < -0.3 is 15.4 Å². The Kier molecular flexibility index (Phi) is 5.83. The van der Waals surface area contributed by atoms with Crippen molar-refractivity contribution in [3.05, 3.63) is 35.9 Å². The Labute approximate surface area is 116 Å². The van der Waals surface area contributed by atoms with Crippen LogP contribution in [0.5, 0.6) is 0 Å². The Morgan fingerprint density at radius 1 is 1.26 bits per heavy atom. The van der Waals surface area contributed by atoms with Gasteiger partial charge in [-0.1, -0.05) is 30.3 Å². The summed E-state index contributed by atoms with van der Waals surface area (Å²) in [6, 6.07) is 10.2. The number of methoxy groups -OCH3 is 1. The summed E-state index contributed by atoms with van der Waals surface area (Å²) in [5, 5.41) is 6.61. The quantitative estimate of drug-likeness (QED) is 0.647. The zero-order valence-electron chi connectivity index (χ0n) is 12.5. The van der Waals surface area contributed by atoms with Crippen LogP contribution in [0.3, 0.4) is 0 Å². The molecule has 4 heteroatoms. The molecule has 0 saturated carbocycles. The van der Waals surface area contributed by atoms with Gasteiger partial charge in [-0.3, -0.25) is 4.99 Å². The fourth-order valence-corrected chi connectivity index (χ4v) is 1.73. The molecule has 4 nitrogen and oxygen atoms in total. The molecule has 0 bridgehead atoms. The third-order valence-corrected chi connectivity index (χ3v) is 2.63. The smallest absolute Gasteiger partial charge is 0.191 e. The highest BCUT2D eigenvalue weighted by Crippen LogP contribution is 2.14. The van der Waals surface area contributed by atoms with Crippen LogP contribution in [0, 0.1) is 0 Å². The zero-order chi connectivity index (χ0) is 14.3. The average molecular weight is 263 g/mol. The lowest BCUT2D eigenvalue weighted by Crippen LogP contribution is -2.48. The first-order chi connectivity index (χ1) is 8.96. The molecule has 0 amide bonds. The standard InChI is InChI=1S/C15H25N3O/c1-15(2,3)18-14(16-4)17-11-13(19-5)12-9-7-6-8-10-12/h6-10,13H,11H2,1-5H3,(H2,16,17,18). The Morgan fingerprint density at radius 3 is 2.37 bits per heavy atom. The highest BCUT2D eigenvalue weighted by atomic mass is 16.5. The second kappa shape index (κ2) is 7.14. The summed E-state index contributed by atoms with van der Waals surface area (Å²) in [5.74, 6) is 0.783. The Morgan fingerprint density at radius 2 is 1.89 bits per heavy atom. The largest absolute Gasteiger partial charge is 0.375 e. The molecule has 1 aromatic carbocycles. The molecule has 19 heavy (non-hydrogen) atoms. The Bertz CT molecular complexity index is 396. The van der Waals surface area contributed by atoms with Crippen LogP contribution in [0.2, 0.25) is 0 Å². The van der Waals surface area contributed by atoms with Gasteiger partial charge in [-0.2, -0.15) is 0 Å². The number of nitrogens with zero attached hydrogens (tertiary/aromatic N) is 1. The van der Waals surface area contributed by atoms with E-state index in [4.69, 9.17) is 4.74 Å². The van der Waals surface area contributed by atoms with E-state index < -0.39 is 0 Å². The van der Waals surface area contributed by atoms with Gasteiger partial charge in [-0.05, 0) is 26.3 Å². The minimum Gasteiger partial charge on any atom is -0.375 e. The molecule has 2 N–H and O–H groups in total. The summed E-state index contributed by atoms with van der Waals surface area (Å²) >= 11 is 0. The van der Waals surface area contributed by atoms with Gasteiger partial charge in [0.2, 0.25) is 0 Å². The van der Waals surface area contributed by atoms with Crippen molar-refractivity contribution in [1.29, 1.82) is 0 Å². The second-order valence-electron chi connectivity index (χ2n) is 5.46. The van der Waals surface area contributed by atoms with Crippen molar-refractivity contribution in [3.63, 3.8) is 0 Å². The second-order valence-corrected chi connectivity index (χ2v) is 5.46. The third kappa shape index (κ3) is 5.75. The molecule has 0 spiro atoms. The fraction of sp³-hybridized carbons (Fsp3) is 0.533. The molecular weight excluding hydrogens is 238 g/mol. The van der Waals surface area contributed by atoms with Crippen LogP contribution in [0.4, 0.5) is 0 Å². The van der Waals surface area contributed by atoms with Crippen LogP contribution in [0.1, 0.15) is 32.4 Å². The highest BCUT2D eigenvalue weighted by molar-refractivity contribution is 5.80. The van der Waals surface area contributed by atoms with E-state index in [1.165, 1.54) is 0 Å². The molecule has 1 unspecified atom stereocenters. The predicted molar refractivity (Wildman–Crippen MR) is 80.4 cm³/mol. The van der Waals surface area contributed by atoms with Crippen molar-refractivity contribution in [2.45, 2.75) is 32.4 Å². The van der Waals surface area contributed by atoms with Gasteiger partial charge in [0.15, 0.2) is 5.96 Å². The molecule has 1 rings (SSSR count). The Balaban J connectivity index is 2.58. The lowest BCUT2D eigenvalue weighted by molar-refractivity contribution is 0.106. The van der Waals surface area contributed by atoms with E-state index >= 15 is 0 Å². The van der Waals surface area contributed by atoms with Crippen LogP contribution < -0.4 is 10.6 Å². The van der Waals surface area contributed by atoms with Gasteiger partial charge >= 0.3 is 0 Å². The molecule has 0 aliphatic carbocycles. The van der Waals surface area contributed by atoms with Crippen LogP contribution in [0.25, 0.3) is 0 Å². The maximum atomic E-state index is 5.52. The monoisotopic (exact) mass is 263 g/mol. The van der Waals surface area contributed by atoms with Gasteiger partial charge in [0.25, 0.3) is 0 Å². The van der Waals surface area contributed by atoms with Crippen molar-refractivity contribution >= 4 is 5.96 Å². The average Bonchev–Trinajstić information content (AvgIpc) is 2.38.